The van der Waals surface area contributed by atoms with Gasteiger partial charge < -0.3 is 0 Å². The van der Waals surface area contributed by atoms with Crippen LogP contribution in [0.3, 0.4) is 0 Å². The molecule has 0 amide bonds. The van der Waals surface area contributed by atoms with Gasteiger partial charge in [0.2, 0.25) is 0 Å². The summed E-state index contributed by atoms with van der Waals surface area (Å²) in [4.78, 5) is 19.0. The Morgan fingerprint density at radius 3 is 1.04 bits per heavy atom. The van der Waals surface area contributed by atoms with Crippen LogP contribution in [0.25, 0.3) is 0 Å². The average Bonchev–Trinajstić information content (AvgIpc) is 2.27. The number of aliphatic imine (C=N–C) groups is 4. The zero-order valence-electron chi connectivity index (χ0n) is 18.4. The summed E-state index contributed by atoms with van der Waals surface area (Å²) in [6.45, 7) is 25.4. The van der Waals surface area contributed by atoms with Gasteiger partial charge in [0.05, 0.1) is 0 Å². The molecule has 0 radical (unpaired) electrons. The summed E-state index contributed by atoms with van der Waals surface area (Å²) in [6, 6.07) is 0. The SMILES string of the molecule is CC(C)(C)C=N[C](=NC(C)(C)C)[Cr][C](N=CC(C)(C)C)=NC(C)(C)C. The Morgan fingerprint density at radius 1 is 0.560 bits per heavy atom. The van der Waals surface area contributed by atoms with E-state index in [1.807, 2.05) is 12.4 Å². The van der Waals surface area contributed by atoms with E-state index in [2.05, 4.69) is 83.1 Å². The molecule has 0 fully saturated rings. The summed E-state index contributed by atoms with van der Waals surface area (Å²) in [5, 5.41) is 0. The summed E-state index contributed by atoms with van der Waals surface area (Å²) in [5.74, 6) is 0. The van der Waals surface area contributed by atoms with E-state index in [0.717, 1.165) is 9.40 Å². The van der Waals surface area contributed by atoms with Crippen LogP contribution in [0.5, 0.6) is 0 Å². The van der Waals surface area contributed by atoms with Gasteiger partial charge in [-0.3, -0.25) is 0 Å². The number of hydrogen-bond acceptors (Lipinski definition) is 2. The van der Waals surface area contributed by atoms with Crippen molar-refractivity contribution >= 4 is 21.8 Å². The Bertz CT molecular complexity index is 492. The summed E-state index contributed by atoms with van der Waals surface area (Å²) in [6.07, 6.45) is 3.95. The van der Waals surface area contributed by atoms with Crippen LogP contribution in [0.15, 0.2) is 20.0 Å². The molecule has 0 saturated heterocycles. The Kier molecular flexibility index (Phi) is 8.46. The summed E-state index contributed by atoms with van der Waals surface area (Å²) >= 11 is -0.135. The summed E-state index contributed by atoms with van der Waals surface area (Å²) < 4.78 is 1.67. The molecule has 144 valence electrons. The molecule has 0 N–H and O–H groups in total. The van der Waals surface area contributed by atoms with Crippen molar-refractivity contribution in [3.8, 4) is 0 Å². The molecule has 0 spiro atoms. The van der Waals surface area contributed by atoms with Crippen LogP contribution in [-0.2, 0) is 15.2 Å². The first-order valence-electron chi connectivity index (χ1n) is 8.84. The maximum absolute atomic E-state index is 4.82. The molecule has 0 aromatic carbocycles. The fraction of sp³-hybridized carbons (Fsp3) is 0.800. The van der Waals surface area contributed by atoms with E-state index in [1.165, 1.54) is 0 Å². The molecule has 0 aliphatic rings. The Balaban J connectivity index is 5.83. The molecule has 0 saturated carbocycles. The monoisotopic (exact) mass is 386 g/mol. The fourth-order valence-electron chi connectivity index (χ4n) is 1.31. The third-order valence-corrected chi connectivity index (χ3v) is 3.35. The van der Waals surface area contributed by atoms with E-state index in [-0.39, 0.29) is 37.1 Å². The Hall–Kier alpha value is -0.788. The first-order chi connectivity index (χ1) is 10.9. The van der Waals surface area contributed by atoms with E-state index in [4.69, 9.17) is 20.0 Å². The van der Waals surface area contributed by atoms with Crippen LogP contribution in [0.1, 0.15) is 83.1 Å². The number of rotatable bonds is 2. The van der Waals surface area contributed by atoms with Crippen molar-refractivity contribution in [1.82, 2.24) is 0 Å². The van der Waals surface area contributed by atoms with Gasteiger partial charge in [-0.2, -0.15) is 0 Å². The van der Waals surface area contributed by atoms with Crippen molar-refractivity contribution in [1.29, 1.82) is 0 Å². The Labute approximate surface area is 162 Å². The normalized spacial score (nSPS) is 16.3. The van der Waals surface area contributed by atoms with Crippen LogP contribution in [0.4, 0.5) is 0 Å². The van der Waals surface area contributed by atoms with Gasteiger partial charge in [-0.1, -0.05) is 0 Å². The molecular weight excluding hydrogens is 348 g/mol. The van der Waals surface area contributed by atoms with Crippen LogP contribution in [0.2, 0.25) is 0 Å². The Morgan fingerprint density at radius 2 is 0.840 bits per heavy atom. The minimum absolute atomic E-state index is 0.0186. The van der Waals surface area contributed by atoms with E-state index in [9.17, 15) is 0 Å². The van der Waals surface area contributed by atoms with E-state index < -0.39 is 0 Å². The first kappa shape index (κ1) is 24.2. The van der Waals surface area contributed by atoms with Crippen LogP contribution < -0.4 is 0 Å². The first-order valence-corrected chi connectivity index (χ1v) is 10.1. The standard InChI is InChI=1S/2C10H19N2.Cr/c2*1-9(2,3)7-11-8-12-10(4,5)6;/h2*7H,1-6H3;. The van der Waals surface area contributed by atoms with Gasteiger partial charge in [-0.05, 0) is 0 Å². The van der Waals surface area contributed by atoms with Gasteiger partial charge in [0.15, 0.2) is 0 Å². The number of amidine groups is 2. The van der Waals surface area contributed by atoms with E-state index in [0.29, 0.717) is 0 Å². The number of hydrogen-bond donors (Lipinski definition) is 0. The van der Waals surface area contributed by atoms with Gasteiger partial charge in [0, 0.05) is 0 Å². The second kappa shape index (κ2) is 8.73. The molecule has 0 aliphatic carbocycles. The van der Waals surface area contributed by atoms with E-state index >= 15 is 0 Å². The van der Waals surface area contributed by atoms with Crippen molar-refractivity contribution in [2.24, 2.45) is 30.8 Å². The molecule has 4 nitrogen and oxygen atoms in total. The third-order valence-electron chi connectivity index (χ3n) is 2.17. The molecule has 0 atom stereocenters. The van der Waals surface area contributed by atoms with Gasteiger partial charge in [-0.25, -0.2) is 0 Å². The van der Waals surface area contributed by atoms with Crippen molar-refractivity contribution in [2.75, 3.05) is 0 Å². The number of nitrogens with zero attached hydrogens (tertiary/aromatic N) is 4. The zero-order valence-corrected chi connectivity index (χ0v) is 19.6. The zero-order chi connectivity index (χ0) is 20.1. The minimum atomic E-state index is -0.174. The molecule has 25 heavy (non-hydrogen) atoms. The molecule has 5 heteroatoms. The van der Waals surface area contributed by atoms with Gasteiger partial charge in [-0.15, -0.1) is 0 Å². The quantitative estimate of drug-likeness (QED) is 0.437. The van der Waals surface area contributed by atoms with E-state index in [1.54, 1.807) is 0 Å². The maximum atomic E-state index is 4.82. The predicted octanol–water partition coefficient (Wildman–Crippen LogP) is 5.61. The molecule has 0 aliphatic heterocycles. The molecule has 0 unspecified atom stereocenters. The average molecular weight is 387 g/mol. The topological polar surface area (TPSA) is 49.4 Å². The fourth-order valence-corrected chi connectivity index (χ4v) is 2.89. The molecule has 0 aromatic rings. The molecule has 0 bridgehead atoms. The second-order valence-corrected chi connectivity index (χ2v) is 11.9. The molecule has 0 heterocycles. The van der Waals surface area contributed by atoms with Crippen LogP contribution in [-0.4, -0.2) is 32.9 Å². The van der Waals surface area contributed by atoms with Crippen molar-refractivity contribution < 1.29 is 15.2 Å². The van der Waals surface area contributed by atoms with Crippen molar-refractivity contribution in [2.45, 2.75) is 94.2 Å². The van der Waals surface area contributed by atoms with Gasteiger partial charge >= 0.3 is 162 Å². The van der Waals surface area contributed by atoms with Crippen molar-refractivity contribution in [3.63, 3.8) is 0 Å². The molecule has 0 aromatic heterocycles. The summed E-state index contributed by atoms with van der Waals surface area (Å²) in [7, 11) is 0. The van der Waals surface area contributed by atoms with Crippen molar-refractivity contribution in [3.05, 3.63) is 0 Å². The van der Waals surface area contributed by atoms with Gasteiger partial charge in [0.1, 0.15) is 0 Å². The third kappa shape index (κ3) is 16.4. The second-order valence-electron chi connectivity index (χ2n) is 10.5. The van der Waals surface area contributed by atoms with Gasteiger partial charge in [0.25, 0.3) is 0 Å². The molecular formula is C20H38CrN4. The summed E-state index contributed by atoms with van der Waals surface area (Å²) in [5.41, 5.74) is -0.310. The predicted molar refractivity (Wildman–Crippen MR) is 110 cm³/mol. The van der Waals surface area contributed by atoms with Crippen LogP contribution >= 0.6 is 0 Å². The molecule has 0 rings (SSSR count). The van der Waals surface area contributed by atoms with Crippen LogP contribution in [0, 0.1) is 10.8 Å².